The molecule has 0 radical (unpaired) electrons. The molecule has 1 aromatic rings. The molecule has 1 aromatic heterocycles. The van der Waals surface area contributed by atoms with Crippen molar-refractivity contribution in [1.29, 1.82) is 0 Å². The standard InChI is InChI=1S/C80H143N23O17/c1-10-12-13-14-15-16-17-18-19-20-21-22-23-24-25-35-61(104)102-92-47-64(107)93-54(32-28-39-87-79(82)83)69(110)89-45-62(105)94-55(33-29-40-88-80(84)85)72(113)101-68(52(9)11-2)76(117)97-58(42-49(3)4)73(114)95-56(31-26-27-38-81)71(112)96-57(36-37-65(108)109)77(118)103-41-30-34-60(103)74(115)100-66(50(5)6)75(116)98-59(43-53-44-86-48-91-53)70(111)90-46-63(106)99-67(51(7)8)78(119)120/h44,48-52,54-60,66-68,92H,10-43,45-47,81H2,1-9H3,(H,86,91)(H,89,110)(H,90,111)(H,93,107)(H,94,105)(H,95,114)(H,96,112)(H,97,117)(H,98,116)(H,99,106)(H,100,115)(H,101,113)(H,102,104)(H,108,109)(H,119,120)(H4,82,83,87)(H4,84,85,88)/t52-,54-,55-,56-,57-,58-,59-,60-,66-,67-,68-/m0/s1. The van der Waals surface area contributed by atoms with Crippen molar-refractivity contribution in [2.45, 2.75) is 315 Å². The Morgan fingerprint density at radius 1 is 0.492 bits per heavy atom. The Bertz CT molecular complexity index is 3410. The number of carboxylic acid groups (broad SMARTS) is 2. The molecule has 120 heavy (non-hydrogen) atoms. The van der Waals surface area contributed by atoms with Gasteiger partial charge in [-0.1, -0.05) is 159 Å². The number of hydrazine groups is 1. The van der Waals surface area contributed by atoms with Crippen molar-refractivity contribution in [3.05, 3.63) is 18.2 Å². The summed E-state index contributed by atoms with van der Waals surface area (Å²) in [5.74, 6) is -15.4. The average molecular weight is 1700 g/mol. The predicted octanol–water partition coefficient (Wildman–Crippen LogP) is 0.0109. The Morgan fingerprint density at radius 2 is 0.967 bits per heavy atom. The topological polar surface area (TPSA) is 640 Å². The number of imidazole rings is 1. The monoisotopic (exact) mass is 1700 g/mol. The lowest BCUT2D eigenvalue weighted by Gasteiger charge is -2.32. The smallest absolute Gasteiger partial charge is 0.326 e. The van der Waals surface area contributed by atoms with Crippen LogP contribution in [0.3, 0.4) is 0 Å². The third kappa shape index (κ3) is 44.7. The van der Waals surface area contributed by atoms with Gasteiger partial charge in [-0.3, -0.25) is 82.5 Å². The Hall–Kier alpha value is -10.3. The van der Waals surface area contributed by atoms with Crippen LogP contribution in [-0.4, -0.2) is 232 Å². The molecule has 0 aliphatic carbocycles. The number of aliphatic carboxylic acids is 2. The summed E-state index contributed by atoms with van der Waals surface area (Å²) in [5.41, 5.74) is 33.6. The average Bonchev–Trinajstić information content (AvgIpc) is 1.62. The molecule has 1 aliphatic heterocycles. The summed E-state index contributed by atoms with van der Waals surface area (Å²) in [4.78, 5) is 222. The lowest BCUT2D eigenvalue weighted by Crippen LogP contribution is -2.61. The highest BCUT2D eigenvalue weighted by molar-refractivity contribution is 6.00. The number of nitrogens with two attached hydrogens (primary N) is 5. The first-order chi connectivity index (χ1) is 57.0. The van der Waals surface area contributed by atoms with E-state index in [1.807, 2.05) is 0 Å². The molecule has 1 saturated heterocycles. The molecule has 0 unspecified atom stereocenters. The van der Waals surface area contributed by atoms with Crippen molar-refractivity contribution in [1.82, 2.24) is 84.2 Å². The van der Waals surface area contributed by atoms with Crippen LogP contribution in [-0.2, 0) is 78.3 Å². The largest absolute Gasteiger partial charge is 0.481 e. The number of unbranched alkanes of at least 4 members (excludes halogenated alkanes) is 15. The highest BCUT2D eigenvalue weighted by Gasteiger charge is 2.42. The van der Waals surface area contributed by atoms with E-state index in [1.165, 1.54) is 83.2 Å². The summed E-state index contributed by atoms with van der Waals surface area (Å²) in [7, 11) is 0. The zero-order chi connectivity index (χ0) is 89.7. The molecular weight excluding hydrogens is 1560 g/mol. The van der Waals surface area contributed by atoms with Gasteiger partial charge in [0.1, 0.15) is 60.4 Å². The molecule has 40 nitrogen and oxygen atoms in total. The molecule has 0 aromatic carbocycles. The second-order valence-corrected chi connectivity index (χ2v) is 32.0. The van der Waals surface area contributed by atoms with E-state index in [0.29, 0.717) is 25.0 Å². The lowest BCUT2D eigenvalue weighted by molar-refractivity contribution is -0.144. The quantitative estimate of drug-likeness (QED) is 0.0177. The van der Waals surface area contributed by atoms with Crippen LogP contribution in [0.5, 0.6) is 0 Å². The maximum atomic E-state index is 14.8. The van der Waals surface area contributed by atoms with E-state index in [1.54, 1.807) is 55.4 Å². The molecule has 40 heteroatoms. The lowest BCUT2D eigenvalue weighted by atomic mass is 9.96. The number of nitrogens with one attached hydrogen (secondary N) is 14. The fourth-order valence-corrected chi connectivity index (χ4v) is 13.4. The number of likely N-dealkylation sites (tertiary alicyclic amines) is 1. The van der Waals surface area contributed by atoms with Crippen molar-refractivity contribution in [2.24, 2.45) is 62.3 Å². The zero-order valence-corrected chi connectivity index (χ0v) is 72.1. The highest BCUT2D eigenvalue weighted by atomic mass is 16.4. The molecule has 680 valence electrons. The maximum absolute atomic E-state index is 14.8. The van der Waals surface area contributed by atoms with Crippen LogP contribution >= 0.6 is 0 Å². The minimum absolute atomic E-state index is 0.0105. The SMILES string of the molecule is CCCCCCCCCCCCCCCCCC(=O)NNCC(=O)N[C@@H](CCCN=C(N)N)C(=O)NCC(=O)N[C@@H](CCCN=C(N)N)C(=O)N[C@H](C(=O)N[C@@H](CC(C)C)C(=O)N[C@@H](CCCCN)C(=O)N[C@@H](CCC(=O)O)C(=O)N1CCC[C@H]1C(=O)N[C@H](C(=O)N[C@@H](Cc1cnc[nH]1)C(=O)NCC(=O)N[C@H](C(=O)O)C(C)C)C(C)C)[C@@H](C)CC. The van der Waals surface area contributed by atoms with Crippen molar-refractivity contribution in [2.75, 3.05) is 45.8 Å². The third-order valence-corrected chi connectivity index (χ3v) is 20.4. The number of carboxylic acids is 2. The molecule has 2 rings (SSSR count). The van der Waals surface area contributed by atoms with E-state index in [4.69, 9.17) is 28.7 Å². The predicted molar refractivity (Wildman–Crippen MR) is 452 cm³/mol. The number of aromatic nitrogens is 2. The molecule has 13 amide bonds. The van der Waals surface area contributed by atoms with Crippen LogP contribution in [0.15, 0.2) is 22.5 Å². The van der Waals surface area contributed by atoms with E-state index in [2.05, 4.69) is 96.2 Å². The Kier molecular flexibility index (Phi) is 53.1. The molecule has 0 saturated carbocycles. The first-order valence-corrected chi connectivity index (χ1v) is 42.8. The minimum atomic E-state index is -1.60. The van der Waals surface area contributed by atoms with Crippen LogP contribution in [0.1, 0.15) is 254 Å². The van der Waals surface area contributed by atoms with Gasteiger partial charge in [0, 0.05) is 50.8 Å². The number of hydrogen-bond acceptors (Lipinski definition) is 20. The molecule has 11 atom stereocenters. The number of aliphatic imine (C=N–C) groups is 2. The van der Waals surface area contributed by atoms with Crippen molar-refractivity contribution in [3.63, 3.8) is 0 Å². The normalized spacial score (nSPS) is 15.0. The van der Waals surface area contributed by atoms with Gasteiger partial charge in [0.05, 0.1) is 26.0 Å². The van der Waals surface area contributed by atoms with Gasteiger partial charge in [0.15, 0.2) is 11.9 Å². The molecule has 1 aliphatic rings. The van der Waals surface area contributed by atoms with Crippen LogP contribution < -0.4 is 98.0 Å². The number of carbonyl (C=O) groups excluding carboxylic acids is 13. The number of rotatable bonds is 65. The summed E-state index contributed by atoms with van der Waals surface area (Å²) < 4.78 is 0. The van der Waals surface area contributed by atoms with Gasteiger partial charge in [0.2, 0.25) is 76.8 Å². The van der Waals surface area contributed by atoms with Gasteiger partial charge >= 0.3 is 11.9 Å². The van der Waals surface area contributed by atoms with Gasteiger partial charge in [0.25, 0.3) is 0 Å². The van der Waals surface area contributed by atoms with Gasteiger partial charge < -0.3 is 107 Å². The van der Waals surface area contributed by atoms with E-state index in [9.17, 15) is 82.1 Å². The molecule has 26 N–H and O–H groups in total. The number of nitrogens with zero attached hydrogens (tertiary/aromatic N) is 4. The summed E-state index contributed by atoms with van der Waals surface area (Å²) in [5, 5.41) is 48.1. The Morgan fingerprint density at radius 3 is 1.48 bits per heavy atom. The highest BCUT2D eigenvalue weighted by Crippen LogP contribution is 2.23. The molecular formula is C80H143N23O17. The van der Waals surface area contributed by atoms with Gasteiger partial charge in [-0.2, -0.15) is 0 Å². The minimum Gasteiger partial charge on any atom is -0.481 e. The number of aromatic amines is 1. The van der Waals surface area contributed by atoms with Gasteiger partial charge in [-0.05, 0) is 107 Å². The number of amides is 13. The summed E-state index contributed by atoms with van der Waals surface area (Å²) >= 11 is 0. The first-order valence-electron chi connectivity index (χ1n) is 42.8. The number of carbonyl (C=O) groups is 15. The molecule has 1 fully saturated rings. The van der Waals surface area contributed by atoms with E-state index in [0.717, 1.165) is 24.2 Å². The second kappa shape index (κ2) is 60.2. The molecule has 0 bridgehead atoms. The Labute approximate surface area is 705 Å². The second-order valence-electron chi connectivity index (χ2n) is 32.0. The van der Waals surface area contributed by atoms with Crippen molar-refractivity contribution >= 4 is 101 Å². The van der Waals surface area contributed by atoms with E-state index >= 15 is 0 Å². The van der Waals surface area contributed by atoms with Crippen LogP contribution in [0.4, 0.5) is 0 Å². The summed E-state index contributed by atoms with van der Waals surface area (Å²) in [6.07, 6.45) is 20.9. The zero-order valence-electron chi connectivity index (χ0n) is 72.1. The first kappa shape index (κ1) is 106. The maximum Gasteiger partial charge on any atom is 0.326 e. The fourth-order valence-electron chi connectivity index (χ4n) is 13.4. The van der Waals surface area contributed by atoms with Gasteiger partial charge in [-0.15, -0.1) is 0 Å². The van der Waals surface area contributed by atoms with E-state index in [-0.39, 0.29) is 121 Å². The van der Waals surface area contributed by atoms with Crippen molar-refractivity contribution < 1.29 is 82.1 Å². The van der Waals surface area contributed by atoms with Gasteiger partial charge in [-0.25, -0.2) is 15.2 Å². The van der Waals surface area contributed by atoms with Crippen molar-refractivity contribution in [3.8, 4) is 0 Å². The number of H-pyrrole nitrogens is 1. The molecule has 2 heterocycles. The van der Waals surface area contributed by atoms with E-state index < -0.39 is 193 Å². The third-order valence-electron chi connectivity index (χ3n) is 20.4. The number of hydrogen-bond donors (Lipinski definition) is 21. The summed E-state index contributed by atoms with van der Waals surface area (Å²) in [6, 6.07) is -13.6. The number of guanidine groups is 2. The Balaban J connectivity index is 2.31. The van der Waals surface area contributed by atoms with Crippen LogP contribution in [0.2, 0.25) is 0 Å². The van der Waals surface area contributed by atoms with Crippen LogP contribution in [0, 0.1) is 23.7 Å². The fraction of sp³-hybridized carbons (Fsp3) is 0.750. The summed E-state index contributed by atoms with van der Waals surface area (Å²) in [6.45, 7) is 14.1. The van der Waals surface area contributed by atoms with Crippen LogP contribution in [0.25, 0.3) is 0 Å². The molecule has 0 spiro atoms.